The summed E-state index contributed by atoms with van der Waals surface area (Å²) in [7, 11) is 0. The highest BCUT2D eigenvalue weighted by atomic mass is 16.6. The Bertz CT molecular complexity index is 131. The van der Waals surface area contributed by atoms with Gasteiger partial charge in [-0.05, 0) is 24.5 Å². The van der Waals surface area contributed by atoms with Gasteiger partial charge in [-0.3, -0.25) is 0 Å². The zero-order valence-corrected chi connectivity index (χ0v) is 5.69. The number of hydrogen-bond donors (Lipinski definition) is 0. The van der Waals surface area contributed by atoms with Crippen LogP contribution in [0.2, 0.25) is 0 Å². The minimum Gasteiger partial charge on any atom is -0.737 e. The summed E-state index contributed by atoms with van der Waals surface area (Å²) in [5.41, 5.74) is 0. The second-order valence-electron chi connectivity index (χ2n) is 2.35. The van der Waals surface area contributed by atoms with Crippen molar-refractivity contribution in [1.29, 1.82) is 0 Å². The van der Waals surface area contributed by atoms with Crippen LogP contribution in [0, 0.1) is 10.4 Å². The fourth-order valence-corrected chi connectivity index (χ4v) is 1.10. The van der Waals surface area contributed by atoms with Gasteiger partial charge in [-0.1, -0.05) is 0 Å². The van der Waals surface area contributed by atoms with Crippen molar-refractivity contribution in [3.63, 3.8) is 0 Å². The lowest BCUT2D eigenvalue weighted by Crippen LogP contribution is -2.35. The molecule has 0 unspecified atom stereocenters. The summed E-state index contributed by atoms with van der Waals surface area (Å²) in [6.45, 7) is 1.32. The molecule has 1 aliphatic rings. The van der Waals surface area contributed by atoms with Crippen LogP contribution in [0.25, 0.3) is 0 Å². The number of hydrogen-bond acceptors (Lipinski definition) is 3. The van der Waals surface area contributed by atoms with Crippen molar-refractivity contribution in [3.05, 3.63) is 10.4 Å². The van der Waals surface area contributed by atoms with Crippen LogP contribution < -0.4 is 0 Å². The first-order valence-corrected chi connectivity index (χ1v) is 3.40. The quantitative estimate of drug-likeness (QED) is 0.311. The lowest BCUT2D eigenvalue weighted by atomic mass is 10.2. The van der Waals surface area contributed by atoms with Crippen molar-refractivity contribution in [2.75, 3.05) is 13.1 Å². The van der Waals surface area contributed by atoms with E-state index in [1.54, 1.807) is 0 Å². The van der Waals surface area contributed by atoms with E-state index in [1.807, 2.05) is 0 Å². The summed E-state index contributed by atoms with van der Waals surface area (Å²) < 4.78 is 0. The maximum Gasteiger partial charge on any atom is 0.0767 e. The maximum atomic E-state index is 10.5. The molecule has 0 aliphatic carbocycles. The summed E-state index contributed by atoms with van der Waals surface area (Å²) in [6.07, 6.45) is 3.10. The molecule has 0 atom stereocenters. The third kappa shape index (κ3) is 1.49. The molecule has 5 nitrogen and oxygen atoms in total. The van der Waals surface area contributed by atoms with E-state index in [0.29, 0.717) is 13.1 Å². The highest BCUT2D eigenvalue weighted by molar-refractivity contribution is 4.55. The average molecular weight is 144 g/mol. The normalized spacial score (nSPS) is 21.2. The van der Waals surface area contributed by atoms with Gasteiger partial charge >= 0.3 is 0 Å². The molecule has 0 N–H and O–H groups in total. The van der Waals surface area contributed by atoms with E-state index in [1.165, 1.54) is 5.01 Å². The topological polar surface area (TPSA) is 64.7 Å². The minimum atomic E-state index is 0.138. The summed E-state index contributed by atoms with van der Waals surface area (Å²) in [6, 6.07) is 0. The molecule has 1 heterocycles. The van der Waals surface area contributed by atoms with Crippen molar-refractivity contribution >= 4 is 0 Å². The molecule has 1 aliphatic heterocycles. The van der Waals surface area contributed by atoms with Crippen molar-refractivity contribution in [3.8, 4) is 0 Å². The monoisotopic (exact) mass is 144 g/mol. The number of rotatable bonds is 1. The Hall–Kier alpha value is -1.00. The molecule has 1 saturated heterocycles. The molecule has 5 heteroatoms. The van der Waals surface area contributed by atoms with E-state index < -0.39 is 0 Å². The molecule has 0 radical (unpaired) electrons. The summed E-state index contributed by atoms with van der Waals surface area (Å²) in [4.78, 5) is 0.138. The van der Waals surface area contributed by atoms with E-state index in [9.17, 15) is 10.4 Å². The van der Waals surface area contributed by atoms with Crippen molar-refractivity contribution in [2.45, 2.75) is 19.3 Å². The van der Waals surface area contributed by atoms with Crippen molar-refractivity contribution in [2.24, 2.45) is 5.28 Å². The van der Waals surface area contributed by atoms with Gasteiger partial charge in [0.05, 0.1) is 13.1 Å². The number of hydrazine groups is 1. The van der Waals surface area contributed by atoms with E-state index in [4.69, 9.17) is 0 Å². The molecule has 0 aromatic carbocycles. The highest BCUT2D eigenvalue weighted by Crippen LogP contribution is 2.07. The Kier molecular flexibility index (Phi) is 2.30. The third-order valence-electron chi connectivity index (χ3n) is 1.64. The Morgan fingerprint density at radius 3 is 2.30 bits per heavy atom. The lowest BCUT2D eigenvalue weighted by molar-refractivity contribution is -0.692. The van der Waals surface area contributed by atoms with E-state index in [-0.39, 0.29) is 4.97 Å². The molecule has 0 saturated carbocycles. The van der Waals surface area contributed by atoms with Gasteiger partial charge in [0, 0.05) is 4.97 Å². The van der Waals surface area contributed by atoms with Crippen LogP contribution >= 0.6 is 0 Å². The lowest BCUT2D eigenvalue weighted by Gasteiger charge is -2.22. The fraction of sp³-hybridized carbons (Fsp3) is 1.00. The molecule has 0 aromatic heterocycles. The van der Waals surface area contributed by atoms with E-state index in [0.717, 1.165) is 19.3 Å². The molecule has 0 aromatic rings. The van der Waals surface area contributed by atoms with Crippen LogP contribution in [0.15, 0.2) is 5.28 Å². The van der Waals surface area contributed by atoms with Gasteiger partial charge in [-0.15, -0.1) is 5.01 Å². The molecular formula is C5H10N3O2-. The van der Waals surface area contributed by atoms with Crippen LogP contribution in [0.5, 0.6) is 0 Å². The van der Waals surface area contributed by atoms with Crippen LogP contribution in [0.4, 0.5) is 0 Å². The van der Waals surface area contributed by atoms with Gasteiger partial charge in [0.25, 0.3) is 0 Å². The molecule has 58 valence electrons. The SMILES string of the molecule is [O-]/N=[N+](\[O-])N1CCCCC1. The van der Waals surface area contributed by atoms with Crippen LogP contribution in [0.1, 0.15) is 19.3 Å². The number of nitrogens with zero attached hydrogens (tertiary/aromatic N) is 3. The van der Waals surface area contributed by atoms with E-state index >= 15 is 0 Å². The van der Waals surface area contributed by atoms with Gasteiger partial charge in [-0.25, -0.2) is 0 Å². The summed E-state index contributed by atoms with van der Waals surface area (Å²) in [5, 5.41) is 23.9. The second kappa shape index (κ2) is 3.24. The molecule has 0 amide bonds. The second-order valence-corrected chi connectivity index (χ2v) is 2.35. The molecule has 0 bridgehead atoms. The van der Waals surface area contributed by atoms with Gasteiger partial charge in [0.2, 0.25) is 0 Å². The molecular weight excluding hydrogens is 134 g/mol. The molecule has 1 fully saturated rings. The Morgan fingerprint density at radius 1 is 1.20 bits per heavy atom. The smallest absolute Gasteiger partial charge is 0.0767 e. The zero-order chi connectivity index (χ0) is 7.40. The van der Waals surface area contributed by atoms with Crippen molar-refractivity contribution < 1.29 is 4.97 Å². The van der Waals surface area contributed by atoms with Crippen LogP contribution in [-0.2, 0) is 0 Å². The Balaban J connectivity index is 2.39. The van der Waals surface area contributed by atoms with Gasteiger partial charge in [0.1, 0.15) is 0 Å². The van der Waals surface area contributed by atoms with Gasteiger partial charge < -0.3 is 10.4 Å². The predicted octanol–water partition coefficient (Wildman–Crippen LogP) is 0.848. The van der Waals surface area contributed by atoms with Gasteiger partial charge in [-0.2, -0.15) is 0 Å². The summed E-state index contributed by atoms with van der Waals surface area (Å²) in [5.74, 6) is 0. The fourth-order valence-electron chi connectivity index (χ4n) is 1.10. The summed E-state index contributed by atoms with van der Waals surface area (Å²) >= 11 is 0. The standard InChI is InChI=1S/C5H11N3O2/c9-6-8(10)7-4-2-1-3-5-7/h9H,1-5H2/p-1/b8-6-. The Morgan fingerprint density at radius 2 is 1.80 bits per heavy atom. The molecule has 10 heavy (non-hydrogen) atoms. The predicted molar refractivity (Wildman–Crippen MR) is 34.8 cm³/mol. The number of piperidine rings is 1. The maximum absolute atomic E-state index is 10.5. The molecule has 1 rings (SSSR count). The van der Waals surface area contributed by atoms with Crippen molar-refractivity contribution in [1.82, 2.24) is 5.01 Å². The third-order valence-corrected chi connectivity index (χ3v) is 1.64. The van der Waals surface area contributed by atoms with Gasteiger partial charge in [0.15, 0.2) is 0 Å². The largest absolute Gasteiger partial charge is 0.737 e. The highest BCUT2D eigenvalue weighted by Gasteiger charge is 2.14. The first-order chi connectivity index (χ1) is 4.84. The van der Waals surface area contributed by atoms with Crippen LogP contribution in [-0.4, -0.2) is 23.1 Å². The zero-order valence-electron chi connectivity index (χ0n) is 5.69. The molecule has 0 spiro atoms. The first-order valence-electron chi connectivity index (χ1n) is 3.40. The average Bonchev–Trinajstić information content (AvgIpc) is 2.05. The van der Waals surface area contributed by atoms with E-state index in [2.05, 4.69) is 5.28 Å². The first kappa shape index (κ1) is 7.11. The Labute approximate surface area is 59.1 Å². The minimum absolute atomic E-state index is 0.138. The van der Waals surface area contributed by atoms with Crippen LogP contribution in [0.3, 0.4) is 0 Å².